The molecule has 3 aromatic heterocycles. The predicted octanol–water partition coefficient (Wildman–Crippen LogP) is 5.36. The largest absolute Gasteiger partial charge is 0.492 e. The summed E-state index contributed by atoms with van der Waals surface area (Å²) in [6.07, 6.45) is 8.55. The number of aromatic nitrogens is 3. The normalized spacial score (nSPS) is 18.2. The molecule has 2 aromatic carbocycles. The smallest absolute Gasteiger partial charge is 0.252 e. The van der Waals surface area contributed by atoms with Crippen LogP contribution in [0, 0.1) is 6.92 Å². The van der Waals surface area contributed by atoms with Crippen LogP contribution in [0.2, 0.25) is 0 Å². The van der Waals surface area contributed by atoms with Crippen molar-refractivity contribution in [1.82, 2.24) is 24.6 Å². The van der Waals surface area contributed by atoms with Crippen LogP contribution >= 0.6 is 0 Å². The summed E-state index contributed by atoms with van der Waals surface area (Å²) in [7, 11) is 2.12. The molecule has 4 heterocycles. The van der Waals surface area contributed by atoms with Crippen molar-refractivity contribution in [3.05, 3.63) is 96.1 Å². The Morgan fingerprint density at radius 2 is 2.00 bits per heavy atom. The molecular formula is C32H31N5O2. The summed E-state index contributed by atoms with van der Waals surface area (Å²) in [5, 5.41) is 4.46. The van der Waals surface area contributed by atoms with E-state index in [0.29, 0.717) is 18.2 Å². The Balaban J connectivity index is 1.22. The Morgan fingerprint density at radius 3 is 2.79 bits per heavy atom. The molecular weight excluding hydrogens is 486 g/mol. The average molecular weight is 518 g/mol. The van der Waals surface area contributed by atoms with E-state index in [-0.39, 0.29) is 5.91 Å². The molecule has 2 aliphatic rings. The van der Waals surface area contributed by atoms with Gasteiger partial charge in [-0.25, -0.2) is 4.98 Å². The van der Waals surface area contributed by atoms with E-state index in [2.05, 4.69) is 46.5 Å². The lowest BCUT2D eigenvalue weighted by molar-refractivity contribution is 0.0767. The number of benzene rings is 2. The number of pyridine rings is 2. The van der Waals surface area contributed by atoms with Crippen molar-refractivity contribution in [1.29, 1.82) is 0 Å². The van der Waals surface area contributed by atoms with Crippen LogP contribution in [0.5, 0.6) is 5.75 Å². The van der Waals surface area contributed by atoms with Crippen LogP contribution in [-0.4, -0.2) is 51.4 Å². The summed E-state index contributed by atoms with van der Waals surface area (Å²) in [5.41, 5.74) is 6.07. The Morgan fingerprint density at radius 1 is 1.10 bits per heavy atom. The van der Waals surface area contributed by atoms with Crippen LogP contribution in [0.4, 0.5) is 0 Å². The first-order chi connectivity index (χ1) is 19.0. The maximum absolute atomic E-state index is 13.7. The van der Waals surface area contributed by atoms with Gasteiger partial charge in [0.15, 0.2) is 0 Å². The fourth-order valence-corrected chi connectivity index (χ4v) is 5.66. The highest BCUT2D eigenvalue weighted by Gasteiger charge is 2.47. The third kappa shape index (κ3) is 4.23. The number of carbonyl (C=O) groups is 1. The van der Waals surface area contributed by atoms with Crippen molar-refractivity contribution in [3.63, 3.8) is 0 Å². The lowest BCUT2D eigenvalue weighted by Crippen LogP contribution is -2.48. The molecule has 0 spiro atoms. The van der Waals surface area contributed by atoms with Gasteiger partial charge in [-0.2, -0.15) is 0 Å². The second kappa shape index (κ2) is 9.20. The first-order valence-electron chi connectivity index (χ1n) is 13.6. The van der Waals surface area contributed by atoms with E-state index in [0.717, 1.165) is 70.4 Å². The summed E-state index contributed by atoms with van der Waals surface area (Å²) in [6.45, 7) is 3.72. The van der Waals surface area contributed by atoms with Crippen LogP contribution in [-0.2, 0) is 5.54 Å². The fourth-order valence-electron chi connectivity index (χ4n) is 5.66. The predicted molar refractivity (Wildman–Crippen MR) is 152 cm³/mol. The number of nitrogens with zero attached hydrogens (tertiary/aromatic N) is 4. The summed E-state index contributed by atoms with van der Waals surface area (Å²) >= 11 is 0. The Hall–Kier alpha value is -4.23. The van der Waals surface area contributed by atoms with Crippen molar-refractivity contribution < 1.29 is 9.53 Å². The summed E-state index contributed by atoms with van der Waals surface area (Å²) in [6, 6.07) is 20.7. The minimum absolute atomic E-state index is 0.0777. The number of imidazole rings is 1. The van der Waals surface area contributed by atoms with E-state index in [1.54, 1.807) is 0 Å². The van der Waals surface area contributed by atoms with Crippen molar-refractivity contribution in [2.45, 2.75) is 37.8 Å². The maximum atomic E-state index is 13.7. The Bertz CT molecular complexity index is 1720. The molecule has 1 saturated carbocycles. The van der Waals surface area contributed by atoms with Gasteiger partial charge in [0, 0.05) is 34.9 Å². The van der Waals surface area contributed by atoms with Crippen molar-refractivity contribution in [3.8, 4) is 17.0 Å². The third-order valence-electron chi connectivity index (χ3n) is 8.39. The number of rotatable bonds is 7. The standard InChI is InChI=1S/C32H31N5O2/c1-21-8-9-24(39-19-23-10-15-36(23)2)18-26(21)31(38)35-32(11-12-32)27-16-22(17-28-25(27)6-5-13-33-28)30-29-7-3-4-14-37(29)20-34-30/h3-9,13-14,16-18,20,23H,10-12,15,19H2,1-2H3,(H,35,38)/t23-/m0/s1. The first-order valence-corrected chi connectivity index (χ1v) is 13.6. The lowest BCUT2D eigenvalue weighted by atomic mass is 9.94. The molecule has 1 N–H and O–H groups in total. The van der Waals surface area contributed by atoms with Gasteiger partial charge < -0.3 is 14.5 Å². The number of aryl methyl sites for hydroxylation is 1. The topological polar surface area (TPSA) is 71.8 Å². The molecule has 5 aromatic rings. The van der Waals surface area contributed by atoms with Gasteiger partial charge in [0.25, 0.3) is 5.91 Å². The van der Waals surface area contributed by atoms with Gasteiger partial charge in [0.05, 0.1) is 28.6 Å². The minimum Gasteiger partial charge on any atom is -0.492 e. The minimum atomic E-state index is -0.443. The van der Waals surface area contributed by atoms with Crippen LogP contribution < -0.4 is 10.1 Å². The van der Waals surface area contributed by atoms with E-state index < -0.39 is 5.54 Å². The fraction of sp³-hybridized carbons (Fsp3) is 0.281. The summed E-state index contributed by atoms with van der Waals surface area (Å²) in [4.78, 5) is 25.4. The summed E-state index contributed by atoms with van der Waals surface area (Å²) in [5.74, 6) is 0.658. The first kappa shape index (κ1) is 23.9. The van der Waals surface area contributed by atoms with Crippen molar-refractivity contribution >= 4 is 22.3 Å². The molecule has 0 radical (unpaired) electrons. The number of ether oxygens (including phenoxy) is 1. The molecule has 7 nitrogen and oxygen atoms in total. The zero-order chi connectivity index (χ0) is 26.6. The SMILES string of the molecule is Cc1ccc(OC[C@@H]2CCN2C)cc1C(=O)NC1(c2cc(-c3ncn4ccccc34)cc3ncccc23)CC1. The monoisotopic (exact) mass is 517 g/mol. The van der Waals surface area contributed by atoms with Gasteiger partial charge in [0.1, 0.15) is 12.4 Å². The van der Waals surface area contributed by atoms with Crippen LogP contribution in [0.15, 0.2) is 79.4 Å². The average Bonchev–Trinajstić information content (AvgIpc) is 3.60. The maximum Gasteiger partial charge on any atom is 0.252 e. The summed E-state index contributed by atoms with van der Waals surface area (Å²) < 4.78 is 8.09. The van der Waals surface area contributed by atoms with E-state index in [1.807, 2.05) is 66.4 Å². The molecule has 1 atom stereocenters. The van der Waals surface area contributed by atoms with Crippen LogP contribution in [0.25, 0.3) is 27.7 Å². The molecule has 7 heteroatoms. The van der Waals surface area contributed by atoms with Gasteiger partial charge in [-0.15, -0.1) is 0 Å². The van der Waals surface area contributed by atoms with Crippen molar-refractivity contribution in [2.24, 2.45) is 0 Å². The van der Waals surface area contributed by atoms with Gasteiger partial charge in [-0.1, -0.05) is 18.2 Å². The van der Waals surface area contributed by atoms with E-state index in [4.69, 9.17) is 9.72 Å². The van der Waals surface area contributed by atoms with E-state index in [1.165, 1.54) is 0 Å². The number of nitrogens with one attached hydrogen (secondary N) is 1. The molecule has 1 saturated heterocycles. The molecule has 2 fully saturated rings. The number of hydrogen-bond donors (Lipinski definition) is 1. The van der Waals surface area contributed by atoms with Crippen molar-refractivity contribution in [2.75, 3.05) is 20.2 Å². The molecule has 0 unspecified atom stereocenters. The molecule has 0 bridgehead atoms. The number of likely N-dealkylation sites (N-methyl/N-ethyl adjacent to an activating group) is 1. The number of likely N-dealkylation sites (tertiary alicyclic amines) is 1. The molecule has 39 heavy (non-hydrogen) atoms. The Labute approximate surface area is 227 Å². The zero-order valence-corrected chi connectivity index (χ0v) is 22.2. The molecule has 1 aliphatic carbocycles. The van der Waals surface area contributed by atoms with Gasteiger partial charge in [-0.05, 0) is 93.4 Å². The molecule has 1 amide bonds. The number of hydrogen-bond acceptors (Lipinski definition) is 5. The second-order valence-corrected chi connectivity index (χ2v) is 10.9. The zero-order valence-electron chi connectivity index (χ0n) is 22.2. The van der Waals surface area contributed by atoms with Crippen LogP contribution in [0.1, 0.15) is 40.7 Å². The van der Waals surface area contributed by atoms with E-state index in [9.17, 15) is 4.79 Å². The molecule has 7 rings (SSSR count). The number of carbonyl (C=O) groups excluding carboxylic acids is 1. The van der Waals surface area contributed by atoms with Gasteiger partial charge in [0.2, 0.25) is 0 Å². The highest BCUT2D eigenvalue weighted by molar-refractivity contribution is 5.98. The molecule has 196 valence electrons. The lowest BCUT2D eigenvalue weighted by Gasteiger charge is -2.37. The van der Waals surface area contributed by atoms with Gasteiger partial charge in [-0.3, -0.25) is 14.7 Å². The highest BCUT2D eigenvalue weighted by Crippen LogP contribution is 2.49. The van der Waals surface area contributed by atoms with Gasteiger partial charge >= 0.3 is 0 Å². The molecule has 1 aliphatic heterocycles. The number of amides is 1. The quantitative estimate of drug-likeness (QED) is 0.315. The van der Waals surface area contributed by atoms with E-state index >= 15 is 0 Å². The van der Waals surface area contributed by atoms with Crippen LogP contribution in [0.3, 0.4) is 0 Å². The third-order valence-corrected chi connectivity index (χ3v) is 8.39. The number of fused-ring (bicyclic) bond motifs is 2. The highest BCUT2D eigenvalue weighted by atomic mass is 16.5. The second-order valence-electron chi connectivity index (χ2n) is 10.9. The Kier molecular flexibility index (Phi) is 5.63.